The quantitative estimate of drug-likeness (QED) is 0.836. The Morgan fingerprint density at radius 3 is 2.16 bits per heavy atom. The van der Waals surface area contributed by atoms with Crippen molar-refractivity contribution in [2.24, 2.45) is 17.8 Å². The average Bonchev–Trinajstić information content (AvgIpc) is 2.32. The van der Waals surface area contributed by atoms with Crippen LogP contribution in [0.1, 0.15) is 44.1 Å². The van der Waals surface area contributed by atoms with Gasteiger partial charge in [-0.15, -0.1) is 0 Å². The first kappa shape index (κ1) is 11.5. The largest absolute Gasteiger partial charge is 0.328 e. The normalized spacial score (nSPS) is 39.7. The highest BCUT2D eigenvalue weighted by molar-refractivity contribution is 5.10. The van der Waals surface area contributed by atoms with Gasteiger partial charge in [0.05, 0.1) is 0 Å². The molecule has 102 valence electrons. The van der Waals surface area contributed by atoms with Gasteiger partial charge in [0.2, 0.25) is 0 Å². The van der Waals surface area contributed by atoms with Crippen LogP contribution in [0.3, 0.4) is 0 Å². The number of hydrogen-bond acceptors (Lipinski definition) is 2. The van der Waals surface area contributed by atoms with Crippen molar-refractivity contribution in [3.05, 3.63) is 32.6 Å². The molecule has 0 aliphatic heterocycles. The van der Waals surface area contributed by atoms with Crippen LogP contribution in [0, 0.1) is 24.7 Å². The standard InChI is InChI=1S/C15H20N2O2/c1-9-8-17(14(19)16-13(9)18)15-5-10-2-11(6-15)4-12(3-10)7-15/h8,10-12H,2-7H2,1H3,(H,16,18,19). The molecule has 4 heteroatoms. The predicted octanol–water partition coefficient (Wildman–Crippen LogP) is 1.77. The van der Waals surface area contributed by atoms with Crippen LogP contribution in [0.15, 0.2) is 15.8 Å². The lowest BCUT2D eigenvalue weighted by Crippen LogP contribution is -2.55. The molecule has 4 nitrogen and oxygen atoms in total. The number of nitrogens with one attached hydrogen (secondary N) is 1. The van der Waals surface area contributed by atoms with E-state index in [0.29, 0.717) is 5.56 Å². The van der Waals surface area contributed by atoms with Gasteiger partial charge in [-0.25, -0.2) is 4.79 Å². The molecule has 0 saturated heterocycles. The van der Waals surface area contributed by atoms with E-state index < -0.39 is 0 Å². The van der Waals surface area contributed by atoms with Gasteiger partial charge in [-0.05, 0) is 63.2 Å². The summed E-state index contributed by atoms with van der Waals surface area (Å²) in [5.74, 6) is 2.39. The highest BCUT2D eigenvalue weighted by Gasteiger charge is 2.52. The number of hydrogen-bond donors (Lipinski definition) is 1. The van der Waals surface area contributed by atoms with Crippen LogP contribution in [0.25, 0.3) is 0 Å². The van der Waals surface area contributed by atoms with Crippen LogP contribution in [0.2, 0.25) is 0 Å². The highest BCUT2D eigenvalue weighted by Crippen LogP contribution is 2.58. The van der Waals surface area contributed by atoms with Crippen molar-refractivity contribution in [1.29, 1.82) is 0 Å². The molecule has 0 atom stereocenters. The van der Waals surface area contributed by atoms with Crippen molar-refractivity contribution in [3.8, 4) is 0 Å². The van der Waals surface area contributed by atoms with Gasteiger partial charge in [0.1, 0.15) is 0 Å². The van der Waals surface area contributed by atoms with Crippen LogP contribution < -0.4 is 11.2 Å². The van der Waals surface area contributed by atoms with E-state index in [1.165, 1.54) is 19.3 Å². The molecular weight excluding hydrogens is 240 g/mol. The summed E-state index contributed by atoms with van der Waals surface area (Å²) in [5.41, 5.74) is 0.194. The molecule has 0 unspecified atom stereocenters. The Morgan fingerprint density at radius 2 is 1.63 bits per heavy atom. The summed E-state index contributed by atoms with van der Waals surface area (Å²) >= 11 is 0. The lowest BCUT2D eigenvalue weighted by molar-refractivity contribution is -0.0456. The zero-order valence-corrected chi connectivity index (χ0v) is 11.3. The Balaban J connectivity index is 1.86. The lowest BCUT2D eigenvalue weighted by Gasteiger charge is -2.57. The third-order valence-electron chi connectivity index (χ3n) is 5.64. The summed E-state index contributed by atoms with van der Waals surface area (Å²) < 4.78 is 1.87. The van der Waals surface area contributed by atoms with E-state index in [0.717, 1.165) is 37.0 Å². The Bertz CT molecular complexity index is 605. The minimum atomic E-state index is -0.244. The molecule has 5 rings (SSSR count). The van der Waals surface area contributed by atoms with Gasteiger partial charge < -0.3 is 0 Å². The molecule has 4 saturated carbocycles. The molecule has 4 aliphatic rings. The third kappa shape index (κ3) is 1.58. The van der Waals surface area contributed by atoms with E-state index in [9.17, 15) is 9.59 Å². The third-order valence-corrected chi connectivity index (χ3v) is 5.64. The van der Waals surface area contributed by atoms with Gasteiger partial charge in [-0.2, -0.15) is 0 Å². The fourth-order valence-corrected chi connectivity index (χ4v) is 5.28. The fourth-order valence-electron chi connectivity index (χ4n) is 5.28. The van der Waals surface area contributed by atoms with E-state index in [-0.39, 0.29) is 16.8 Å². The SMILES string of the molecule is Cc1cn(C23CC4CC(CC(C4)C2)C3)c(=O)[nH]c1=O. The topological polar surface area (TPSA) is 54.9 Å². The zero-order valence-electron chi connectivity index (χ0n) is 11.3. The van der Waals surface area contributed by atoms with Gasteiger partial charge in [0, 0.05) is 17.3 Å². The maximum Gasteiger partial charge on any atom is 0.328 e. The van der Waals surface area contributed by atoms with Crippen molar-refractivity contribution < 1.29 is 0 Å². The fraction of sp³-hybridized carbons (Fsp3) is 0.733. The maximum atomic E-state index is 12.2. The van der Waals surface area contributed by atoms with Gasteiger partial charge in [-0.1, -0.05) is 0 Å². The molecule has 0 amide bonds. The Hall–Kier alpha value is -1.32. The molecule has 1 aromatic heterocycles. The van der Waals surface area contributed by atoms with Gasteiger partial charge in [0.15, 0.2) is 0 Å². The predicted molar refractivity (Wildman–Crippen MR) is 72.2 cm³/mol. The molecule has 19 heavy (non-hydrogen) atoms. The van der Waals surface area contributed by atoms with E-state index in [1.807, 2.05) is 4.57 Å². The number of aryl methyl sites for hydroxylation is 1. The van der Waals surface area contributed by atoms with Gasteiger partial charge >= 0.3 is 5.69 Å². The molecule has 1 heterocycles. The Kier molecular flexibility index (Phi) is 2.19. The van der Waals surface area contributed by atoms with Crippen molar-refractivity contribution in [2.45, 2.75) is 51.0 Å². The zero-order chi connectivity index (χ0) is 13.2. The van der Waals surface area contributed by atoms with E-state index in [4.69, 9.17) is 0 Å². The summed E-state index contributed by atoms with van der Waals surface area (Å²) in [5, 5.41) is 0. The van der Waals surface area contributed by atoms with Crippen LogP contribution >= 0.6 is 0 Å². The summed E-state index contributed by atoms with van der Waals surface area (Å²) in [6.07, 6.45) is 9.26. The average molecular weight is 260 g/mol. The molecule has 0 spiro atoms. The summed E-state index contributed by atoms with van der Waals surface area (Å²) in [6.45, 7) is 1.79. The smallest absolute Gasteiger partial charge is 0.294 e. The van der Waals surface area contributed by atoms with Gasteiger partial charge in [-0.3, -0.25) is 14.3 Å². The van der Waals surface area contributed by atoms with Crippen LogP contribution in [0.4, 0.5) is 0 Å². The van der Waals surface area contributed by atoms with Crippen molar-refractivity contribution in [3.63, 3.8) is 0 Å². The van der Waals surface area contributed by atoms with Gasteiger partial charge in [0.25, 0.3) is 5.56 Å². The first-order valence-electron chi connectivity index (χ1n) is 7.39. The monoisotopic (exact) mass is 260 g/mol. The number of nitrogens with zero attached hydrogens (tertiary/aromatic N) is 1. The molecule has 4 aliphatic carbocycles. The summed E-state index contributed by atoms with van der Waals surface area (Å²) in [4.78, 5) is 26.2. The van der Waals surface area contributed by atoms with Crippen molar-refractivity contribution in [2.75, 3.05) is 0 Å². The number of aromatic nitrogens is 2. The van der Waals surface area contributed by atoms with Crippen LogP contribution in [-0.2, 0) is 5.54 Å². The first-order valence-corrected chi connectivity index (χ1v) is 7.39. The Labute approximate surface area is 111 Å². The molecule has 1 N–H and O–H groups in total. The second-order valence-corrected chi connectivity index (χ2v) is 7.08. The van der Waals surface area contributed by atoms with Crippen molar-refractivity contribution >= 4 is 0 Å². The maximum absolute atomic E-state index is 12.2. The minimum absolute atomic E-state index is 0.000787. The molecule has 0 aromatic carbocycles. The van der Waals surface area contributed by atoms with E-state index in [2.05, 4.69) is 4.98 Å². The summed E-state index contributed by atoms with van der Waals surface area (Å²) in [6, 6.07) is 0. The first-order chi connectivity index (χ1) is 9.06. The minimum Gasteiger partial charge on any atom is -0.294 e. The molecule has 4 fully saturated rings. The van der Waals surface area contributed by atoms with E-state index >= 15 is 0 Å². The van der Waals surface area contributed by atoms with E-state index in [1.54, 1.807) is 13.1 Å². The number of rotatable bonds is 1. The number of aromatic amines is 1. The van der Waals surface area contributed by atoms with Crippen LogP contribution in [0.5, 0.6) is 0 Å². The second-order valence-electron chi connectivity index (χ2n) is 7.08. The molecule has 1 aromatic rings. The van der Waals surface area contributed by atoms with Crippen LogP contribution in [-0.4, -0.2) is 9.55 Å². The summed E-state index contributed by atoms with van der Waals surface area (Å²) in [7, 11) is 0. The highest BCUT2D eigenvalue weighted by atomic mass is 16.2. The molecule has 4 bridgehead atoms. The lowest BCUT2D eigenvalue weighted by atomic mass is 9.53. The second kappa shape index (κ2) is 3.62. The van der Waals surface area contributed by atoms with Crippen molar-refractivity contribution in [1.82, 2.24) is 9.55 Å². The molecule has 0 radical (unpaired) electrons. The molecular formula is C15H20N2O2. The number of H-pyrrole nitrogens is 1. The Morgan fingerprint density at radius 1 is 1.11 bits per heavy atom.